The van der Waals surface area contributed by atoms with Crippen molar-refractivity contribution in [1.82, 2.24) is 25.1 Å². The lowest BCUT2D eigenvalue weighted by Crippen LogP contribution is -2.52. The lowest BCUT2D eigenvalue weighted by atomic mass is 9.72. The first-order chi connectivity index (χ1) is 11.4. The molecule has 136 valence electrons. The second kappa shape index (κ2) is 7.06. The average Bonchev–Trinajstić information content (AvgIpc) is 3.03. The van der Waals surface area contributed by atoms with Crippen molar-refractivity contribution in [2.24, 2.45) is 5.41 Å². The number of likely N-dealkylation sites (tertiary alicyclic amines) is 1. The molecule has 0 radical (unpaired) electrons. The maximum absolute atomic E-state index is 9.74. The number of hydrogen-bond donors (Lipinski definition) is 1. The van der Waals surface area contributed by atoms with Gasteiger partial charge in [-0.05, 0) is 57.1 Å². The number of piperidine rings is 1. The summed E-state index contributed by atoms with van der Waals surface area (Å²) in [6, 6.07) is 0.260. The fourth-order valence-electron chi connectivity index (χ4n) is 3.85. The molecule has 1 aromatic heterocycles. The van der Waals surface area contributed by atoms with Gasteiger partial charge in [-0.25, -0.2) is 0 Å². The molecule has 0 amide bonds. The van der Waals surface area contributed by atoms with Gasteiger partial charge in [-0.3, -0.25) is 4.90 Å². The molecule has 2 saturated heterocycles. The highest BCUT2D eigenvalue weighted by molar-refractivity contribution is 4.94. The molecule has 2 fully saturated rings. The van der Waals surface area contributed by atoms with Gasteiger partial charge >= 0.3 is 0 Å². The second-order valence-electron chi connectivity index (χ2n) is 8.37. The molecule has 0 saturated carbocycles. The summed E-state index contributed by atoms with van der Waals surface area (Å²) in [5, 5.41) is 22.6. The largest absolute Gasteiger partial charge is 0.395 e. The molecular weight excluding hydrogens is 306 g/mol. The van der Waals surface area contributed by atoms with E-state index in [9.17, 15) is 5.11 Å². The van der Waals surface area contributed by atoms with E-state index in [4.69, 9.17) is 4.74 Å². The predicted octanol–water partition coefficient (Wildman–Crippen LogP) is 1.22. The first-order valence-corrected chi connectivity index (χ1v) is 9.14. The molecular formula is C17H31N5O2. The van der Waals surface area contributed by atoms with E-state index in [1.54, 1.807) is 4.80 Å². The highest BCUT2D eigenvalue weighted by Crippen LogP contribution is 2.40. The zero-order valence-corrected chi connectivity index (χ0v) is 15.2. The summed E-state index contributed by atoms with van der Waals surface area (Å²) >= 11 is 0. The van der Waals surface area contributed by atoms with Crippen LogP contribution in [0.25, 0.3) is 0 Å². The molecule has 7 nitrogen and oxygen atoms in total. The maximum Gasteiger partial charge on any atom is 0.176 e. The van der Waals surface area contributed by atoms with E-state index in [1.165, 1.54) is 6.42 Å². The van der Waals surface area contributed by atoms with Crippen molar-refractivity contribution >= 4 is 0 Å². The summed E-state index contributed by atoms with van der Waals surface area (Å²) in [6.45, 7) is 10.1. The monoisotopic (exact) mass is 337 g/mol. The SMILES string of the molecule is CC(C)(C)n1nnc(CCN2CC3(CCOCC3)CCC2CO)n1. The Morgan fingerprint density at radius 1 is 1.25 bits per heavy atom. The summed E-state index contributed by atoms with van der Waals surface area (Å²) in [4.78, 5) is 4.12. The molecule has 2 aliphatic rings. The van der Waals surface area contributed by atoms with Gasteiger partial charge in [0, 0.05) is 38.8 Å². The van der Waals surface area contributed by atoms with Crippen LogP contribution in [0.5, 0.6) is 0 Å². The summed E-state index contributed by atoms with van der Waals surface area (Å²) < 4.78 is 5.55. The summed E-state index contributed by atoms with van der Waals surface area (Å²) in [5.74, 6) is 0.785. The number of rotatable bonds is 4. The average molecular weight is 337 g/mol. The summed E-state index contributed by atoms with van der Waals surface area (Å²) in [7, 11) is 0. The molecule has 24 heavy (non-hydrogen) atoms. The fraction of sp³-hybridized carbons (Fsp3) is 0.941. The van der Waals surface area contributed by atoms with Crippen LogP contribution in [0.3, 0.4) is 0 Å². The van der Waals surface area contributed by atoms with Crippen molar-refractivity contribution in [3.8, 4) is 0 Å². The lowest BCUT2D eigenvalue weighted by molar-refractivity contribution is -0.0519. The Morgan fingerprint density at radius 3 is 2.62 bits per heavy atom. The van der Waals surface area contributed by atoms with Crippen LogP contribution < -0.4 is 0 Å². The van der Waals surface area contributed by atoms with Crippen LogP contribution in [0.15, 0.2) is 0 Å². The van der Waals surface area contributed by atoms with Crippen molar-refractivity contribution in [3.63, 3.8) is 0 Å². The summed E-state index contributed by atoms with van der Waals surface area (Å²) in [5.41, 5.74) is 0.233. The third-order valence-electron chi connectivity index (χ3n) is 5.50. The van der Waals surface area contributed by atoms with Crippen LogP contribution in [-0.2, 0) is 16.7 Å². The first kappa shape index (κ1) is 17.8. The first-order valence-electron chi connectivity index (χ1n) is 9.14. The van der Waals surface area contributed by atoms with Crippen molar-refractivity contribution in [1.29, 1.82) is 0 Å². The van der Waals surface area contributed by atoms with Crippen molar-refractivity contribution < 1.29 is 9.84 Å². The quantitative estimate of drug-likeness (QED) is 0.890. The molecule has 1 spiro atoms. The summed E-state index contributed by atoms with van der Waals surface area (Å²) in [6.07, 6.45) is 5.33. The Bertz CT molecular complexity index is 533. The number of aliphatic hydroxyl groups is 1. The molecule has 0 aromatic carbocycles. The van der Waals surface area contributed by atoms with Crippen molar-refractivity contribution in [3.05, 3.63) is 5.82 Å². The van der Waals surface area contributed by atoms with E-state index in [-0.39, 0.29) is 18.2 Å². The molecule has 0 bridgehead atoms. The molecule has 3 heterocycles. The van der Waals surface area contributed by atoms with Crippen LogP contribution in [-0.4, -0.2) is 69.2 Å². The van der Waals surface area contributed by atoms with Crippen molar-refractivity contribution in [2.45, 2.75) is 64.5 Å². The zero-order valence-electron chi connectivity index (χ0n) is 15.2. The molecule has 1 aromatic rings. The molecule has 1 atom stereocenters. The van der Waals surface area contributed by atoms with E-state index >= 15 is 0 Å². The number of aliphatic hydroxyl groups excluding tert-OH is 1. The molecule has 2 aliphatic heterocycles. The van der Waals surface area contributed by atoms with Gasteiger partial charge in [-0.1, -0.05) is 0 Å². The Hall–Kier alpha value is -1.05. The minimum absolute atomic E-state index is 0.143. The smallest absolute Gasteiger partial charge is 0.176 e. The molecule has 1 unspecified atom stereocenters. The Balaban J connectivity index is 1.62. The Morgan fingerprint density at radius 2 is 2.00 bits per heavy atom. The molecule has 0 aliphatic carbocycles. The highest BCUT2D eigenvalue weighted by atomic mass is 16.5. The maximum atomic E-state index is 9.74. The van der Waals surface area contributed by atoms with E-state index in [2.05, 4.69) is 41.1 Å². The number of ether oxygens (including phenoxy) is 1. The molecule has 3 rings (SSSR count). The Labute approximate surface area is 144 Å². The normalized spacial score (nSPS) is 25.2. The predicted molar refractivity (Wildman–Crippen MR) is 90.7 cm³/mol. The minimum Gasteiger partial charge on any atom is -0.395 e. The van der Waals surface area contributed by atoms with Crippen LogP contribution >= 0.6 is 0 Å². The number of aromatic nitrogens is 4. The second-order valence-corrected chi connectivity index (χ2v) is 8.37. The number of nitrogens with zero attached hydrogens (tertiary/aromatic N) is 5. The van der Waals surface area contributed by atoms with Crippen LogP contribution in [0.2, 0.25) is 0 Å². The zero-order chi connectivity index (χ0) is 17.2. The Kier molecular flexibility index (Phi) is 5.22. The van der Waals surface area contributed by atoms with Gasteiger partial charge in [0.2, 0.25) is 0 Å². The molecule has 7 heteroatoms. The van der Waals surface area contributed by atoms with Gasteiger partial charge in [-0.15, -0.1) is 10.2 Å². The van der Waals surface area contributed by atoms with E-state index in [0.717, 1.165) is 57.8 Å². The standard InChI is InChI=1S/C17H31N5O2/c1-16(2,3)22-19-15(18-20-22)5-9-21-13-17(6-4-14(21)12-23)7-10-24-11-8-17/h14,23H,4-13H2,1-3H3. The third kappa shape index (κ3) is 3.95. The van der Waals surface area contributed by atoms with Gasteiger partial charge in [-0.2, -0.15) is 4.80 Å². The molecule has 1 N–H and O–H groups in total. The lowest BCUT2D eigenvalue weighted by Gasteiger charge is -2.48. The van der Waals surface area contributed by atoms with Crippen LogP contribution in [0, 0.1) is 5.41 Å². The van der Waals surface area contributed by atoms with Gasteiger partial charge in [0.15, 0.2) is 5.82 Å². The van der Waals surface area contributed by atoms with Gasteiger partial charge in [0.25, 0.3) is 0 Å². The minimum atomic E-state index is -0.143. The van der Waals surface area contributed by atoms with Crippen LogP contribution in [0.1, 0.15) is 52.3 Å². The van der Waals surface area contributed by atoms with E-state index in [1.807, 2.05) is 0 Å². The fourth-order valence-corrected chi connectivity index (χ4v) is 3.85. The van der Waals surface area contributed by atoms with E-state index in [0.29, 0.717) is 5.41 Å². The van der Waals surface area contributed by atoms with E-state index < -0.39 is 0 Å². The van der Waals surface area contributed by atoms with Gasteiger partial charge in [0.05, 0.1) is 12.1 Å². The van der Waals surface area contributed by atoms with Gasteiger partial charge in [0.1, 0.15) is 0 Å². The number of tetrazole rings is 1. The van der Waals surface area contributed by atoms with Crippen molar-refractivity contribution in [2.75, 3.05) is 32.9 Å². The van der Waals surface area contributed by atoms with Gasteiger partial charge < -0.3 is 9.84 Å². The number of hydrogen-bond acceptors (Lipinski definition) is 6. The highest BCUT2D eigenvalue weighted by Gasteiger charge is 2.40. The third-order valence-corrected chi connectivity index (χ3v) is 5.50. The topological polar surface area (TPSA) is 76.3 Å². The van der Waals surface area contributed by atoms with Crippen LogP contribution in [0.4, 0.5) is 0 Å².